The molecule has 0 saturated carbocycles. The Morgan fingerprint density at radius 3 is 2.44 bits per heavy atom. The maximum atomic E-state index is 14.7. The van der Waals surface area contributed by atoms with E-state index >= 15 is 0 Å². The molecular weight excluding hydrogens is 407 g/mol. The van der Waals surface area contributed by atoms with Crippen LogP contribution in [0.2, 0.25) is 0 Å². The van der Waals surface area contributed by atoms with Gasteiger partial charge in [-0.1, -0.05) is 62.2 Å². The van der Waals surface area contributed by atoms with Gasteiger partial charge in [-0.2, -0.15) is 5.10 Å². The SMILES string of the molecule is COC(C)(C)CCCC(C)Cc1nn(-c2ccccc2F)c(-c2ccccc2)c1C(=O)O. The highest BCUT2D eigenvalue weighted by atomic mass is 19.1. The van der Waals surface area contributed by atoms with Crippen molar-refractivity contribution in [2.24, 2.45) is 5.92 Å². The van der Waals surface area contributed by atoms with Gasteiger partial charge >= 0.3 is 5.97 Å². The first kappa shape index (κ1) is 23.7. The van der Waals surface area contributed by atoms with Crippen LogP contribution in [0.25, 0.3) is 16.9 Å². The summed E-state index contributed by atoms with van der Waals surface area (Å²) >= 11 is 0. The number of ether oxygens (including phenoxy) is 1. The summed E-state index contributed by atoms with van der Waals surface area (Å²) in [5.74, 6) is -1.30. The molecule has 170 valence electrons. The molecular formula is C26H31FN2O3. The second-order valence-electron chi connectivity index (χ2n) is 8.87. The van der Waals surface area contributed by atoms with E-state index in [9.17, 15) is 14.3 Å². The number of hydrogen-bond acceptors (Lipinski definition) is 3. The fourth-order valence-electron chi connectivity index (χ4n) is 3.90. The van der Waals surface area contributed by atoms with Gasteiger partial charge in [0, 0.05) is 12.7 Å². The van der Waals surface area contributed by atoms with Crippen LogP contribution in [0.4, 0.5) is 4.39 Å². The molecule has 32 heavy (non-hydrogen) atoms. The molecule has 0 saturated heterocycles. The number of carboxylic acid groups (broad SMARTS) is 1. The number of para-hydroxylation sites is 1. The van der Waals surface area contributed by atoms with E-state index in [4.69, 9.17) is 4.74 Å². The van der Waals surface area contributed by atoms with Crippen LogP contribution in [0, 0.1) is 11.7 Å². The standard InChI is InChI=1S/C26H31FN2O3/c1-18(11-10-16-26(2,3)32-4)17-21-23(25(30)31)24(19-12-6-5-7-13-19)29(28-21)22-15-9-8-14-20(22)27/h5-9,12-15,18H,10-11,16-17H2,1-4H3,(H,30,31). The zero-order chi connectivity index (χ0) is 23.3. The zero-order valence-electron chi connectivity index (χ0n) is 19.1. The topological polar surface area (TPSA) is 64.4 Å². The molecule has 0 spiro atoms. The van der Waals surface area contributed by atoms with Crippen LogP contribution in [-0.4, -0.2) is 33.6 Å². The highest BCUT2D eigenvalue weighted by Gasteiger charge is 2.27. The second kappa shape index (κ2) is 10.1. The molecule has 0 bridgehead atoms. The number of carboxylic acids is 1. The number of benzene rings is 2. The van der Waals surface area contributed by atoms with Crippen molar-refractivity contribution in [3.63, 3.8) is 0 Å². The Morgan fingerprint density at radius 1 is 1.16 bits per heavy atom. The summed E-state index contributed by atoms with van der Waals surface area (Å²) in [6.45, 7) is 6.21. The highest BCUT2D eigenvalue weighted by molar-refractivity contribution is 5.96. The number of nitrogens with zero attached hydrogens (tertiary/aromatic N) is 2. The van der Waals surface area contributed by atoms with Crippen LogP contribution in [0.1, 0.15) is 56.1 Å². The van der Waals surface area contributed by atoms with E-state index in [2.05, 4.69) is 25.9 Å². The van der Waals surface area contributed by atoms with Gasteiger partial charge in [0.1, 0.15) is 17.1 Å². The summed E-state index contributed by atoms with van der Waals surface area (Å²) in [5, 5.41) is 14.7. The summed E-state index contributed by atoms with van der Waals surface area (Å²) in [5.41, 5.74) is 1.72. The average Bonchev–Trinajstić information content (AvgIpc) is 3.13. The van der Waals surface area contributed by atoms with Crippen molar-refractivity contribution < 1.29 is 19.0 Å². The minimum Gasteiger partial charge on any atom is -0.478 e. The quantitative estimate of drug-likeness (QED) is 0.412. The second-order valence-corrected chi connectivity index (χ2v) is 8.87. The first-order chi connectivity index (χ1) is 15.2. The predicted molar refractivity (Wildman–Crippen MR) is 124 cm³/mol. The van der Waals surface area contributed by atoms with Gasteiger partial charge < -0.3 is 9.84 Å². The molecule has 3 rings (SSSR count). The molecule has 1 unspecified atom stereocenters. The molecule has 6 heteroatoms. The van der Waals surface area contributed by atoms with Gasteiger partial charge in [-0.05, 0) is 44.7 Å². The Labute approximate surface area is 188 Å². The summed E-state index contributed by atoms with van der Waals surface area (Å²) in [6.07, 6.45) is 3.29. The molecule has 0 aliphatic rings. The number of carbonyl (C=O) groups is 1. The van der Waals surface area contributed by atoms with E-state index in [1.807, 2.05) is 30.3 Å². The van der Waals surface area contributed by atoms with Crippen LogP contribution < -0.4 is 0 Å². The van der Waals surface area contributed by atoms with Crippen molar-refractivity contribution in [2.75, 3.05) is 7.11 Å². The third-order valence-corrected chi connectivity index (χ3v) is 5.87. The Balaban J connectivity index is 2.00. The molecule has 1 N–H and O–H groups in total. The highest BCUT2D eigenvalue weighted by Crippen LogP contribution is 2.32. The van der Waals surface area contributed by atoms with Crippen molar-refractivity contribution in [1.82, 2.24) is 9.78 Å². The first-order valence-corrected chi connectivity index (χ1v) is 10.9. The van der Waals surface area contributed by atoms with Gasteiger partial charge in [-0.3, -0.25) is 0 Å². The number of methoxy groups -OCH3 is 1. The molecule has 0 aliphatic carbocycles. The van der Waals surface area contributed by atoms with Crippen molar-refractivity contribution >= 4 is 5.97 Å². The maximum absolute atomic E-state index is 14.7. The largest absolute Gasteiger partial charge is 0.478 e. The van der Waals surface area contributed by atoms with Gasteiger partial charge in [-0.25, -0.2) is 13.9 Å². The summed E-state index contributed by atoms with van der Waals surface area (Å²) < 4.78 is 21.6. The van der Waals surface area contributed by atoms with Crippen LogP contribution in [0.15, 0.2) is 54.6 Å². The van der Waals surface area contributed by atoms with Gasteiger partial charge in [0.05, 0.1) is 17.0 Å². The minimum atomic E-state index is -1.06. The van der Waals surface area contributed by atoms with Gasteiger partial charge in [-0.15, -0.1) is 0 Å². The first-order valence-electron chi connectivity index (χ1n) is 10.9. The molecule has 1 atom stereocenters. The number of hydrogen-bond donors (Lipinski definition) is 1. The van der Waals surface area contributed by atoms with Gasteiger partial charge in [0.25, 0.3) is 0 Å². The predicted octanol–water partition coefficient (Wildman–Crippen LogP) is 6.15. The van der Waals surface area contributed by atoms with Crippen molar-refractivity contribution in [3.05, 3.63) is 71.7 Å². The maximum Gasteiger partial charge on any atom is 0.339 e. The van der Waals surface area contributed by atoms with Gasteiger partial charge in [0.2, 0.25) is 0 Å². The average molecular weight is 439 g/mol. The molecule has 1 aromatic heterocycles. The number of aromatic nitrogens is 2. The summed E-state index contributed by atoms with van der Waals surface area (Å²) in [6, 6.07) is 15.5. The fraction of sp³-hybridized carbons (Fsp3) is 0.385. The lowest BCUT2D eigenvalue weighted by Gasteiger charge is -2.23. The number of aromatic carboxylic acids is 1. The monoisotopic (exact) mass is 438 g/mol. The third-order valence-electron chi connectivity index (χ3n) is 5.87. The Kier molecular flexibility index (Phi) is 7.46. The number of halogens is 1. The molecule has 0 aliphatic heterocycles. The van der Waals surface area contributed by atoms with Crippen molar-refractivity contribution in [2.45, 2.75) is 52.1 Å². The smallest absolute Gasteiger partial charge is 0.339 e. The van der Waals surface area contributed by atoms with Crippen LogP contribution in [-0.2, 0) is 11.2 Å². The molecule has 3 aromatic rings. The van der Waals surface area contributed by atoms with E-state index in [-0.39, 0.29) is 22.8 Å². The Hall–Kier alpha value is -2.99. The minimum absolute atomic E-state index is 0.128. The molecule has 1 heterocycles. The van der Waals surface area contributed by atoms with E-state index in [1.54, 1.807) is 25.3 Å². The number of rotatable bonds is 10. The lowest BCUT2D eigenvalue weighted by Crippen LogP contribution is -2.22. The van der Waals surface area contributed by atoms with E-state index in [0.29, 0.717) is 23.4 Å². The fourth-order valence-corrected chi connectivity index (χ4v) is 3.90. The molecule has 0 fully saturated rings. The molecule has 2 aromatic carbocycles. The molecule has 0 radical (unpaired) electrons. The lowest BCUT2D eigenvalue weighted by molar-refractivity contribution is 0.0127. The third kappa shape index (κ3) is 5.43. The summed E-state index contributed by atoms with van der Waals surface area (Å²) in [7, 11) is 1.71. The Bertz CT molecular complexity index is 1060. The van der Waals surface area contributed by atoms with Gasteiger partial charge in [0.15, 0.2) is 0 Å². The zero-order valence-corrected chi connectivity index (χ0v) is 19.1. The Morgan fingerprint density at radius 2 is 1.81 bits per heavy atom. The van der Waals surface area contributed by atoms with E-state index < -0.39 is 11.8 Å². The van der Waals surface area contributed by atoms with Crippen LogP contribution >= 0.6 is 0 Å². The lowest BCUT2D eigenvalue weighted by atomic mass is 9.92. The van der Waals surface area contributed by atoms with Crippen molar-refractivity contribution in [1.29, 1.82) is 0 Å². The molecule has 5 nitrogen and oxygen atoms in total. The van der Waals surface area contributed by atoms with Crippen LogP contribution in [0.3, 0.4) is 0 Å². The summed E-state index contributed by atoms with van der Waals surface area (Å²) in [4.78, 5) is 12.3. The normalized spacial score (nSPS) is 12.7. The molecule has 0 amide bonds. The van der Waals surface area contributed by atoms with Crippen molar-refractivity contribution in [3.8, 4) is 16.9 Å². The van der Waals surface area contributed by atoms with Crippen LogP contribution in [0.5, 0.6) is 0 Å². The van der Waals surface area contributed by atoms with E-state index in [0.717, 1.165) is 19.3 Å². The van der Waals surface area contributed by atoms with E-state index in [1.165, 1.54) is 10.7 Å².